The lowest BCUT2D eigenvalue weighted by Crippen LogP contribution is -2.56. The highest BCUT2D eigenvalue weighted by Gasteiger charge is 2.29. The highest BCUT2D eigenvalue weighted by atomic mass is 16.5. The van der Waals surface area contributed by atoms with E-state index in [2.05, 4.69) is 15.1 Å². The van der Waals surface area contributed by atoms with Crippen molar-refractivity contribution in [2.75, 3.05) is 71.1 Å². The predicted molar refractivity (Wildman–Crippen MR) is 134 cm³/mol. The van der Waals surface area contributed by atoms with E-state index in [1.165, 1.54) is 6.07 Å². The lowest BCUT2D eigenvalue weighted by Gasteiger charge is -2.37. The van der Waals surface area contributed by atoms with Crippen LogP contribution in [0, 0.1) is 0 Å². The van der Waals surface area contributed by atoms with Crippen LogP contribution in [0.25, 0.3) is 0 Å². The molecule has 0 aliphatic carbocycles. The van der Waals surface area contributed by atoms with E-state index in [0.717, 1.165) is 30.1 Å². The van der Waals surface area contributed by atoms with E-state index in [-0.39, 0.29) is 17.2 Å². The Labute approximate surface area is 211 Å². The minimum absolute atomic E-state index is 0.0229. The molecular formula is C26H34N4O6. The maximum atomic E-state index is 13.1. The summed E-state index contributed by atoms with van der Waals surface area (Å²) in [7, 11) is 1.63. The summed E-state index contributed by atoms with van der Waals surface area (Å²) in [5.41, 5.74) is 2.00. The molecule has 1 unspecified atom stereocenters. The topological polar surface area (TPSA) is 115 Å². The van der Waals surface area contributed by atoms with Crippen molar-refractivity contribution in [3.63, 3.8) is 0 Å². The number of hydrogen-bond acceptors (Lipinski definition) is 8. The molecule has 2 amide bonds. The molecule has 2 fully saturated rings. The summed E-state index contributed by atoms with van der Waals surface area (Å²) in [5, 5.41) is 22.7. The first-order chi connectivity index (χ1) is 17.5. The Bertz CT molecular complexity index is 1050. The van der Waals surface area contributed by atoms with E-state index in [9.17, 15) is 19.8 Å². The summed E-state index contributed by atoms with van der Waals surface area (Å²) in [5.74, 6) is -0.101. The zero-order chi connectivity index (χ0) is 25.5. The molecule has 2 aliphatic rings. The molecule has 0 saturated carbocycles. The SMILES string of the molecule is COc1ccccc1N1CCN(C(=O)C(CO)NC(=O)c2cc(O)cc(CN3CCOCC3)c2)CC1. The van der Waals surface area contributed by atoms with E-state index < -0.39 is 18.6 Å². The zero-order valence-corrected chi connectivity index (χ0v) is 20.6. The molecule has 2 aromatic carbocycles. The minimum atomic E-state index is -1.07. The Hall–Kier alpha value is -3.34. The fourth-order valence-corrected chi connectivity index (χ4v) is 4.62. The Morgan fingerprint density at radius 2 is 1.78 bits per heavy atom. The van der Waals surface area contributed by atoms with Crippen LogP contribution in [-0.2, 0) is 16.1 Å². The van der Waals surface area contributed by atoms with Gasteiger partial charge in [-0.3, -0.25) is 14.5 Å². The summed E-state index contributed by atoms with van der Waals surface area (Å²) in [6, 6.07) is 11.4. The molecule has 0 bridgehead atoms. The van der Waals surface area contributed by atoms with Gasteiger partial charge in [0.05, 0.1) is 32.6 Å². The van der Waals surface area contributed by atoms with E-state index in [4.69, 9.17) is 9.47 Å². The van der Waals surface area contributed by atoms with Gasteiger partial charge in [0.1, 0.15) is 17.5 Å². The van der Waals surface area contributed by atoms with Crippen LogP contribution in [0.15, 0.2) is 42.5 Å². The number of carbonyl (C=O) groups excluding carboxylic acids is 2. The predicted octanol–water partition coefficient (Wildman–Crippen LogP) is 0.673. The van der Waals surface area contributed by atoms with Crippen LogP contribution >= 0.6 is 0 Å². The van der Waals surface area contributed by atoms with Gasteiger partial charge in [0.15, 0.2) is 0 Å². The Balaban J connectivity index is 1.36. The molecule has 0 spiro atoms. The summed E-state index contributed by atoms with van der Waals surface area (Å²) in [4.78, 5) is 32.0. The third-order valence-electron chi connectivity index (χ3n) is 6.55. The second-order valence-corrected chi connectivity index (χ2v) is 8.97. The number of methoxy groups -OCH3 is 1. The van der Waals surface area contributed by atoms with Crippen LogP contribution in [-0.4, -0.2) is 104 Å². The van der Waals surface area contributed by atoms with Gasteiger partial charge in [-0.15, -0.1) is 0 Å². The number of amides is 2. The number of morpholine rings is 1. The average Bonchev–Trinajstić information content (AvgIpc) is 2.91. The van der Waals surface area contributed by atoms with Gasteiger partial charge >= 0.3 is 0 Å². The van der Waals surface area contributed by atoms with Crippen molar-refractivity contribution >= 4 is 17.5 Å². The molecule has 10 heteroatoms. The maximum Gasteiger partial charge on any atom is 0.252 e. The number of anilines is 1. The first-order valence-electron chi connectivity index (χ1n) is 12.2. The van der Waals surface area contributed by atoms with E-state index in [1.807, 2.05) is 24.3 Å². The number of ether oxygens (including phenoxy) is 2. The standard InChI is InChI=1S/C26H34N4O6/c1-35-24-5-3-2-4-23(24)29-6-8-30(9-7-29)26(34)22(18-31)27-25(33)20-14-19(15-21(32)16-20)17-28-10-12-36-13-11-28/h2-5,14-16,22,31-32H,6-13,17-18H2,1H3,(H,27,33). The molecule has 0 radical (unpaired) electrons. The molecule has 0 aromatic heterocycles. The molecule has 10 nitrogen and oxygen atoms in total. The molecule has 2 heterocycles. The van der Waals surface area contributed by atoms with E-state index in [1.54, 1.807) is 24.1 Å². The maximum absolute atomic E-state index is 13.1. The van der Waals surface area contributed by atoms with Crippen LogP contribution in [0.3, 0.4) is 0 Å². The van der Waals surface area contributed by atoms with Gasteiger partial charge in [-0.25, -0.2) is 0 Å². The first-order valence-corrected chi connectivity index (χ1v) is 12.2. The molecule has 2 aliphatic heterocycles. The lowest BCUT2D eigenvalue weighted by molar-refractivity contribution is -0.134. The number of phenols is 1. The first kappa shape index (κ1) is 25.7. The summed E-state index contributed by atoms with van der Waals surface area (Å²) >= 11 is 0. The van der Waals surface area contributed by atoms with Gasteiger partial charge in [-0.2, -0.15) is 0 Å². The fraction of sp³-hybridized carbons (Fsp3) is 0.462. The largest absolute Gasteiger partial charge is 0.508 e. The van der Waals surface area contributed by atoms with Crippen LogP contribution in [0.4, 0.5) is 5.69 Å². The number of aliphatic hydroxyl groups is 1. The van der Waals surface area contributed by atoms with Gasteiger partial charge in [0, 0.05) is 51.4 Å². The van der Waals surface area contributed by atoms with Gasteiger partial charge in [0.2, 0.25) is 5.91 Å². The minimum Gasteiger partial charge on any atom is -0.508 e. The smallest absolute Gasteiger partial charge is 0.252 e. The van der Waals surface area contributed by atoms with Crippen molar-refractivity contribution in [2.45, 2.75) is 12.6 Å². The van der Waals surface area contributed by atoms with Crippen molar-refractivity contribution < 1.29 is 29.3 Å². The van der Waals surface area contributed by atoms with Crippen molar-refractivity contribution in [2.24, 2.45) is 0 Å². The summed E-state index contributed by atoms with van der Waals surface area (Å²) < 4.78 is 10.8. The molecule has 1 atom stereocenters. The highest BCUT2D eigenvalue weighted by molar-refractivity contribution is 5.98. The number of phenolic OH excluding ortho intramolecular Hbond substituents is 1. The van der Waals surface area contributed by atoms with Crippen molar-refractivity contribution in [3.05, 3.63) is 53.6 Å². The van der Waals surface area contributed by atoms with Gasteiger partial charge in [-0.05, 0) is 35.9 Å². The Morgan fingerprint density at radius 3 is 2.47 bits per heavy atom. The van der Waals surface area contributed by atoms with Crippen LogP contribution in [0.1, 0.15) is 15.9 Å². The molecular weight excluding hydrogens is 464 g/mol. The van der Waals surface area contributed by atoms with Crippen molar-refractivity contribution in [1.29, 1.82) is 0 Å². The number of carbonyl (C=O) groups is 2. The number of piperazine rings is 1. The summed E-state index contributed by atoms with van der Waals surface area (Å²) in [6.07, 6.45) is 0. The second-order valence-electron chi connectivity index (χ2n) is 8.97. The number of nitrogens with zero attached hydrogens (tertiary/aromatic N) is 3. The number of rotatable bonds is 8. The molecule has 36 heavy (non-hydrogen) atoms. The van der Waals surface area contributed by atoms with Crippen molar-refractivity contribution in [1.82, 2.24) is 15.1 Å². The number of aliphatic hydroxyl groups excluding tert-OH is 1. The fourth-order valence-electron chi connectivity index (χ4n) is 4.62. The normalized spacial score (nSPS) is 17.5. The molecule has 4 rings (SSSR count). The van der Waals surface area contributed by atoms with Gasteiger partial charge in [-0.1, -0.05) is 12.1 Å². The van der Waals surface area contributed by atoms with Crippen LogP contribution in [0.2, 0.25) is 0 Å². The van der Waals surface area contributed by atoms with Crippen LogP contribution in [0.5, 0.6) is 11.5 Å². The molecule has 194 valence electrons. The van der Waals surface area contributed by atoms with Gasteiger partial charge in [0.25, 0.3) is 5.91 Å². The number of nitrogens with one attached hydrogen (secondary N) is 1. The van der Waals surface area contributed by atoms with Crippen LogP contribution < -0.4 is 15.0 Å². The lowest BCUT2D eigenvalue weighted by atomic mass is 10.1. The second kappa shape index (κ2) is 12.1. The van der Waals surface area contributed by atoms with E-state index in [0.29, 0.717) is 45.9 Å². The van der Waals surface area contributed by atoms with E-state index >= 15 is 0 Å². The highest BCUT2D eigenvalue weighted by Crippen LogP contribution is 2.28. The number of benzene rings is 2. The van der Waals surface area contributed by atoms with Gasteiger partial charge < -0.3 is 34.8 Å². The molecule has 3 N–H and O–H groups in total. The molecule has 2 aromatic rings. The Kier molecular flexibility index (Phi) is 8.63. The van der Waals surface area contributed by atoms with Crippen molar-refractivity contribution in [3.8, 4) is 11.5 Å². The Morgan fingerprint density at radius 1 is 1.06 bits per heavy atom. The third-order valence-corrected chi connectivity index (χ3v) is 6.55. The zero-order valence-electron chi connectivity index (χ0n) is 20.6. The molecule has 2 saturated heterocycles. The number of para-hydroxylation sites is 2. The quantitative estimate of drug-likeness (QED) is 0.487. The third kappa shape index (κ3) is 6.26. The summed E-state index contributed by atoms with van der Waals surface area (Å²) in [6.45, 7) is 5.06. The average molecular weight is 499 g/mol. The monoisotopic (exact) mass is 498 g/mol. The number of hydrogen-bond donors (Lipinski definition) is 3. The number of aromatic hydroxyl groups is 1.